The molecule has 0 fully saturated rings. The lowest BCUT2D eigenvalue weighted by Crippen LogP contribution is -2.28. The molecule has 1 aromatic carbocycles. The summed E-state index contributed by atoms with van der Waals surface area (Å²) in [6.07, 6.45) is 13.0. The lowest BCUT2D eigenvalue weighted by atomic mass is 9.84. The Morgan fingerprint density at radius 3 is 2.48 bits per heavy atom. The fraction of sp³-hybridized carbons (Fsp3) is 0.250. The van der Waals surface area contributed by atoms with Crippen molar-refractivity contribution in [2.24, 2.45) is 0 Å². The number of rotatable bonds is 6. The minimum atomic E-state index is -0.487. The molecule has 0 bridgehead atoms. The zero-order valence-corrected chi connectivity index (χ0v) is 17.7. The van der Waals surface area contributed by atoms with Gasteiger partial charge in [0.1, 0.15) is 5.75 Å². The fourth-order valence-corrected chi connectivity index (χ4v) is 2.98. The molecule has 2 rings (SSSR count). The molecule has 1 aromatic heterocycles. The molecular formula is C24H28N2O3. The summed E-state index contributed by atoms with van der Waals surface area (Å²) < 4.78 is 7.16. The molecule has 152 valence electrons. The van der Waals surface area contributed by atoms with E-state index < -0.39 is 11.2 Å². The first kappa shape index (κ1) is 22.0. The lowest BCUT2D eigenvalue weighted by Gasteiger charge is -2.25. The number of aromatic amines is 1. The first-order chi connectivity index (χ1) is 13.7. The van der Waals surface area contributed by atoms with Gasteiger partial charge in [-0.15, -0.1) is 0 Å². The highest BCUT2D eigenvalue weighted by atomic mass is 16.5. The van der Waals surface area contributed by atoms with Crippen LogP contribution in [0.3, 0.4) is 0 Å². The molecule has 0 amide bonds. The van der Waals surface area contributed by atoms with Crippen LogP contribution in [0.4, 0.5) is 0 Å². The minimum absolute atomic E-state index is 0.223. The van der Waals surface area contributed by atoms with Crippen molar-refractivity contribution in [1.29, 1.82) is 0 Å². The first-order valence-electron chi connectivity index (χ1n) is 9.39. The van der Waals surface area contributed by atoms with Crippen molar-refractivity contribution in [3.8, 4) is 11.4 Å². The van der Waals surface area contributed by atoms with E-state index in [0.717, 1.165) is 22.4 Å². The number of benzene rings is 1. The van der Waals surface area contributed by atoms with Crippen molar-refractivity contribution in [2.45, 2.75) is 33.1 Å². The van der Waals surface area contributed by atoms with E-state index >= 15 is 0 Å². The quantitative estimate of drug-likeness (QED) is 0.735. The summed E-state index contributed by atoms with van der Waals surface area (Å²) in [5.74, 6) is 0.744. The third kappa shape index (κ3) is 5.35. The van der Waals surface area contributed by atoms with Crippen LogP contribution < -0.4 is 16.0 Å². The van der Waals surface area contributed by atoms with Crippen molar-refractivity contribution in [3.05, 3.63) is 98.9 Å². The second-order valence-corrected chi connectivity index (χ2v) is 7.58. The normalized spacial score (nSPS) is 12.7. The monoisotopic (exact) mass is 392 g/mol. The summed E-state index contributed by atoms with van der Waals surface area (Å²) in [6.45, 7) is 12.0. The second-order valence-electron chi connectivity index (χ2n) is 7.58. The third-order valence-electron chi connectivity index (χ3n) is 4.34. The van der Waals surface area contributed by atoms with E-state index in [-0.39, 0.29) is 5.41 Å². The maximum atomic E-state index is 12.3. The van der Waals surface area contributed by atoms with Gasteiger partial charge in [-0.3, -0.25) is 14.3 Å². The predicted octanol–water partition coefficient (Wildman–Crippen LogP) is 4.53. The number of ether oxygens (including phenoxy) is 1. The average molecular weight is 392 g/mol. The van der Waals surface area contributed by atoms with E-state index in [0.29, 0.717) is 5.69 Å². The largest absolute Gasteiger partial charge is 0.496 e. The predicted molar refractivity (Wildman–Crippen MR) is 120 cm³/mol. The number of aromatic nitrogens is 2. The number of hydrogen-bond acceptors (Lipinski definition) is 3. The van der Waals surface area contributed by atoms with Gasteiger partial charge in [-0.1, -0.05) is 63.8 Å². The van der Waals surface area contributed by atoms with Gasteiger partial charge in [0.15, 0.2) is 0 Å². The van der Waals surface area contributed by atoms with Gasteiger partial charge in [-0.05, 0) is 30.0 Å². The Bertz CT molecular complexity index is 1090. The summed E-state index contributed by atoms with van der Waals surface area (Å²) in [6, 6.07) is 5.11. The highest BCUT2D eigenvalue weighted by Gasteiger charge is 2.22. The molecule has 29 heavy (non-hydrogen) atoms. The van der Waals surface area contributed by atoms with E-state index in [4.69, 9.17) is 4.74 Å². The number of hydrogen-bond donors (Lipinski definition) is 1. The fourth-order valence-electron chi connectivity index (χ4n) is 2.98. The molecule has 1 N–H and O–H groups in total. The van der Waals surface area contributed by atoms with Crippen LogP contribution in [-0.2, 0) is 5.41 Å². The van der Waals surface area contributed by atoms with Gasteiger partial charge < -0.3 is 4.74 Å². The number of nitrogens with one attached hydrogen (secondary N) is 1. The average Bonchev–Trinajstić information content (AvgIpc) is 2.65. The second kappa shape index (κ2) is 9.24. The number of methoxy groups -OCH3 is 1. The molecule has 0 radical (unpaired) electrons. The van der Waals surface area contributed by atoms with Crippen LogP contribution >= 0.6 is 0 Å². The highest BCUT2D eigenvalue weighted by molar-refractivity contribution is 5.67. The van der Waals surface area contributed by atoms with Gasteiger partial charge in [-0.2, -0.15) is 0 Å². The van der Waals surface area contributed by atoms with Crippen LogP contribution in [0.5, 0.6) is 5.75 Å². The van der Waals surface area contributed by atoms with Crippen molar-refractivity contribution in [2.75, 3.05) is 7.11 Å². The van der Waals surface area contributed by atoms with E-state index in [9.17, 15) is 9.59 Å². The molecule has 1 heterocycles. The van der Waals surface area contributed by atoms with E-state index in [1.807, 2.05) is 49.4 Å². The topological polar surface area (TPSA) is 64.1 Å². The zero-order chi connectivity index (χ0) is 21.6. The Hall–Kier alpha value is -3.34. The molecule has 2 aromatic rings. The van der Waals surface area contributed by atoms with Crippen molar-refractivity contribution in [1.82, 2.24) is 9.55 Å². The Balaban J connectivity index is 2.77. The molecule has 0 unspecified atom stereocenters. The molecule has 0 aliphatic rings. The van der Waals surface area contributed by atoms with E-state index in [1.165, 1.54) is 16.8 Å². The summed E-state index contributed by atoms with van der Waals surface area (Å²) in [4.78, 5) is 26.1. The number of allylic oxidation sites excluding steroid dienone is 6. The van der Waals surface area contributed by atoms with Crippen LogP contribution in [0.25, 0.3) is 11.8 Å². The minimum Gasteiger partial charge on any atom is -0.496 e. The van der Waals surface area contributed by atoms with Gasteiger partial charge in [-0.25, -0.2) is 4.79 Å². The van der Waals surface area contributed by atoms with Gasteiger partial charge in [0.25, 0.3) is 5.56 Å². The van der Waals surface area contributed by atoms with E-state index in [1.54, 1.807) is 13.2 Å². The van der Waals surface area contributed by atoms with Crippen LogP contribution in [0, 0.1) is 0 Å². The SMILES string of the molecule is C=C/C=C(\C=C/C)/C=C/c1cc(-n2ccc(=O)[nH]c2=O)cc(C(C)(C)C)c1OC. The molecule has 5 heteroatoms. The molecule has 0 aliphatic heterocycles. The van der Waals surface area contributed by atoms with Crippen LogP contribution in [0.1, 0.15) is 38.8 Å². The maximum absolute atomic E-state index is 12.3. The zero-order valence-electron chi connectivity index (χ0n) is 17.7. The van der Waals surface area contributed by atoms with Crippen LogP contribution in [0.15, 0.2) is 76.5 Å². The van der Waals surface area contributed by atoms with Crippen LogP contribution in [0.2, 0.25) is 0 Å². The summed E-state index contributed by atoms with van der Waals surface area (Å²) >= 11 is 0. The lowest BCUT2D eigenvalue weighted by molar-refractivity contribution is 0.396. The molecule has 0 aliphatic carbocycles. The number of nitrogens with zero attached hydrogens (tertiary/aromatic N) is 1. The summed E-state index contributed by atoms with van der Waals surface area (Å²) in [5, 5.41) is 0. The Labute approximate surface area is 171 Å². The molecular weight excluding hydrogens is 364 g/mol. The summed E-state index contributed by atoms with van der Waals surface area (Å²) in [5.41, 5.74) is 2.27. The Morgan fingerprint density at radius 1 is 1.21 bits per heavy atom. The Kier molecular flexibility index (Phi) is 6.99. The van der Waals surface area contributed by atoms with Gasteiger partial charge in [0, 0.05) is 23.4 Å². The smallest absolute Gasteiger partial charge is 0.332 e. The molecule has 5 nitrogen and oxygen atoms in total. The van der Waals surface area contributed by atoms with Gasteiger partial charge in [0.05, 0.1) is 12.8 Å². The van der Waals surface area contributed by atoms with Gasteiger partial charge in [0.2, 0.25) is 0 Å². The molecule has 0 saturated carbocycles. The first-order valence-corrected chi connectivity index (χ1v) is 9.39. The van der Waals surface area contributed by atoms with Crippen molar-refractivity contribution in [3.63, 3.8) is 0 Å². The Morgan fingerprint density at radius 2 is 1.93 bits per heavy atom. The molecule has 0 saturated heterocycles. The highest BCUT2D eigenvalue weighted by Crippen LogP contribution is 2.36. The van der Waals surface area contributed by atoms with E-state index in [2.05, 4.69) is 32.3 Å². The van der Waals surface area contributed by atoms with Crippen molar-refractivity contribution < 1.29 is 4.74 Å². The number of H-pyrrole nitrogens is 1. The van der Waals surface area contributed by atoms with Gasteiger partial charge >= 0.3 is 5.69 Å². The molecule has 0 spiro atoms. The van der Waals surface area contributed by atoms with Crippen molar-refractivity contribution >= 4 is 6.08 Å². The standard InChI is InChI=1S/C24H28N2O3/c1-7-9-17(10-8-2)11-12-18-15-19(26-14-13-21(27)25-23(26)28)16-20(22(18)29-6)24(3,4)5/h7-16H,1H2,2-6H3,(H,25,27,28)/b10-8-,12-11+,17-9+. The molecule has 0 atom stereocenters. The third-order valence-corrected chi connectivity index (χ3v) is 4.34. The summed E-state index contributed by atoms with van der Waals surface area (Å²) in [7, 11) is 1.64. The maximum Gasteiger partial charge on any atom is 0.332 e. The van der Waals surface area contributed by atoms with Crippen LogP contribution in [-0.4, -0.2) is 16.7 Å².